The van der Waals surface area contributed by atoms with Crippen molar-refractivity contribution < 1.29 is 9.84 Å². The summed E-state index contributed by atoms with van der Waals surface area (Å²) in [7, 11) is 1.76. The zero-order valence-corrected chi connectivity index (χ0v) is 11.7. The molecule has 1 heterocycles. The van der Waals surface area contributed by atoms with Crippen molar-refractivity contribution in [3.63, 3.8) is 0 Å². The molecule has 1 saturated heterocycles. The molecule has 0 amide bonds. The lowest BCUT2D eigenvalue weighted by Crippen LogP contribution is -2.43. The highest BCUT2D eigenvalue weighted by Gasteiger charge is 2.26. The highest BCUT2D eigenvalue weighted by atomic mass is 35.5. The van der Waals surface area contributed by atoms with Crippen molar-refractivity contribution in [1.82, 2.24) is 4.90 Å². The van der Waals surface area contributed by atoms with E-state index in [1.54, 1.807) is 19.2 Å². The molecule has 0 spiro atoms. The Morgan fingerprint density at radius 1 is 1.50 bits per heavy atom. The Labute approximate surface area is 113 Å². The van der Waals surface area contributed by atoms with Crippen LogP contribution < -0.4 is 0 Å². The number of hydrogen-bond donors (Lipinski definition) is 1. The van der Waals surface area contributed by atoms with Crippen molar-refractivity contribution in [1.29, 1.82) is 0 Å². The molecule has 100 valence electrons. The number of aromatic hydroxyl groups is 1. The third-order valence-corrected chi connectivity index (χ3v) is 4.11. The van der Waals surface area contributed by atoms with Crippen molar-refractivity contribution in [3.05, 3.63) is 28.8 Å². The van der Waals surface area contributed by atoms with Crippen LogP contribution in [0.1, 0.15) is 18.9 Å². The molecule has 0 aromatic heterocycles. The summed E-state index contributed by atoms with van der Waals surface area (Å²) in [5.41, 5.74) is 0.809. The quantitative estimate of drug-likeness (QED) is 0.916. The van der Waals surface area contributed by atoms with Crippen LogP contribution in [0.25, 0.3) is 0 Å². The fourth-order valence-corrected chi connectivity index (χ4v) is 2.70. The first-order valence-corrected chi connectivity index (χ1v) is 6.71. The van der Waals surface area contributed by atoms with Crippen LogP contribution in [0.3, 0.4) is 0 Å². The molecule has 1 fully saturated rings. The average Bonchev–Trinajstić information content (AvgIpc) is 2.36. The van der Waals surface area contributed by atoms with Gasteiger partial charge in [-0.05, 0) is 31.0 Å². The van der Waals surface area contributed by atoms with E-state index in [-0.39, 0.29) is 11.9 Å². The lowest BCUT2D eigenvalue weighted by Gasteiger charge is -2.36. The number of piperidine rings is 1. The molecule has 3 nitrogen and oxygen atoms in total. The van der Waals surface area contributed by atoms with Crippen molar-refractivity contribution in [2.75, 3.05) is 20.2 Å². The Bertz CT molecular complexity index is 391. The molecular formula is C14H20ClNO2. The predicted molar refractivity (Wildman–Crippen MR) is 73.0 cm³/mol. The summed E-state index contributed by atoms with van der Waals surface area (Å²) in [6, 6.07) is 5.26. The van der Waals surface area contributed by atoms with Crippen LogP contribution in [0.5, 0.6) is 5.75 Å². The Hall–Kier alpha value is -0.770. The molecule has 1 aliphatic rings. The highest BCUT2D eigenvalue weighted by molar-refractivity contribution is 6.31. The molecule has 0 saturated carbocycles. The number of ether oxygens (including phenoxy) is 1. The summed E-state index contributed by atoms with van der Waals surface area (Å²) < 4.78 is 5.49. The van der Waals surface area contributed by atoms with Gasteiger partial charge >= 0.3 is 0 Å². The van der Waals surface area contributed by atoms with Gasteiger partial charge < -0.3 is 9.84 Å². The molecule has 0 bridgehead atoms. The van der Waals surface area contributed by atoms with E-state index in [2.05, 4.69) is 11.8 Å². The van der Waals surface area contributed by atoms with Crippen LogP contribution in [-0.4, -0.2) is 36.3 Å². The first kappa shape index (κ1) is 13.7. The molecule has 2 rings (SSSR count). The summed E-state index contributed by atoms with van der Waals surface area (Å²) in [6.45, 7) is 4.81. The number of halogens is 1. The summed E-state index contributed by atoms with van der Waals surface area (Å²) in [4.78, 5) is 2.29. The second-order valence-corrected chi connectivity index (χ2v) is 5.42. The number of benzene rings is 1. The molecule has 0 aliphatic carbocycles. The minimum Gasteiger partial charge on any atom is -0.508 e. The van der Waals surface area contributed by atoms with Gasteiger partial charge in [0.05, 0.1) is 6.10 Å². The molecule has 1 N–H and O–H groups in total. The van der Waals surface area contributed by atoms with Crippen molar-refractivity contribution in [2.45, 2.75) is 26.0 Å². The maximum atomic E-state index is 9.85. The summed E-state index contributed by atoms with van der Waals surface area (Å²) in [5.74, 6) is 0.862. The zero-order valence-electron chi connectivity index (χ0n) is 10.9. The predicted octanol–water partition coefficient (Wildman–Crippen LogP) is 2.90. The Morgan fingerprint density at radius 2 is 2.28 bits per heavy atom. The monoisotopic (exact) mass is 269 g/mol. The molecule has 0 radical (unpaired) electrons. The van der Waals surface area contributed by atoms with Crippen LogP contribution in [0, 0.1) is 5.92 Å². The van der Waals surface area contributed by atoms with Gasteiger partial charge in [0.15, 0.2) is 0 Å². The summed E-state index contributed by atoms with van der Waals surface area (Å²) in [6.07, 6.45) is 1.38. The van der Waals surface area contributed by atoms with E-state index in [9.17, 15) is 5.11 Å². The lowest BCUT2D eigenvalue weighted by molar-refractivity contribution is -0.00761. The maximum absolute atomic E-state index is 9.85. The van der Waals surface area contributed by atoms with Gasteiger partial charge in [-0.3, -0.25) is 4.90 Å². The number of rotatable bonds is 3. The second kappa shape index (κ2) is 5.91. The SMILES string of the molecule is COC1CN(Cc2c(O)cccc2Cl)CCC1C. The standard InChI is InChI=1S/C14H20ClNO2/c1-10-6-7-16(9-14(10)18-2)8-11-12(15)4-3-5-13(11)17/h3-5,10,14,17H,6-9H2,1-2H3. The largest absolute Gasteiger partial charge is 0.508 e. The summed E-state index contributed by atoms with van der Waals surface area (Å²) in [5, 5.41) is 10.5. The topological polar surface area (TPSA) is 32.7 Å². The molecule has 2 unspecified atom stereocenters. The van der Waals surface area contributed by atoms with Crippen LogP contribution in [-0.2, 0) is 11.3 Å². The molecule has 1 aromatic carbocycles. The zero-order chi connectivity index (χ0) is 13.1. The van der Waals surface area contributed by atoms with E-state index in [0.717, 1.165) is 25.1 Å². The maximum Gasteiger partial charge on any atom is 0.121 e. The third-order valence-electron chi connectivity index (χ3n) is 3.75. The van der Waals surface area contributed by atoms with Crippen LogP contribution in [0.15, 0.2) is 18.2 Å². The van der Waals surface area contributed by atoms with Crippen LogP contribution in [0.4, 0.5) is 0 Å². The van der Waals surface area contributed by atoms with E-state index in [1.165, 1.54) is 0 Å². The lowest BCUT2D eigenvalue weighted by atomic mass is 9.95. The second-order valence-electron chi connectivity index (χ2n) is 5.01. The number of phenols is 1. The van der Waals surface area contributed by atoms with Crippen LogP contribution in [0.2, 0.25) is 5.02 Å². The van der Waals surface area contributed by atoms with Crippen molar-refractivity contribution in [3.8, 4) is 5.75 Å². The van der Waals surface area contributed by atoms with Crippen LogP contribution >= 0.6 is 11.6 Å². The van der Waals surface area contributed by atoms with Crippen molar-refractivity contribution in [2.24, 2.45) is 5.92 Å². The first-order valence-electron chi connectivity index (χ1n) is 6.33. The van der Waals surface area contributed by atoms with Gasteiger partial charge in [0.25, 0.3) is 0 Å². The van der Waals surface area contributed by atoms with Gasteiger partial charge in [0, 0.05) is 30.8 Å². The van der Waals surface area contributed by atoms with Crippen molar-refractivity contribution >= 4 is 11.6 Å². The Kier molecular flexibility index (Phi) is 4.49. The Morgan fingerprint density at radius 3 is 2.94 bits per heavy atom. The van der Waals surface area contributed by atoms with E-state index >= 15 is 0 Å². The third kappa shape index (κ3) is 2.97. The smallest absolute Gasteiger partial charge is 0.121 e. The van der Waals surface area contributed by atoms with E-state index in [0.29, 0.717) is 17.5 Å². The van der Waals surface area contributed by atoms with Gasteiger partial charge in [-0.15, -0.1) is 0 Å². The Balaban J connectivity index is 2.06. The minimum absolute atomic E-state index is 0.267. The normalized spacial score (nSPS) is 25.3. The average molecular weight is 270 g/mol. The fraction of sp³-hybridized carbons (Fsp3) is 0.571. The number of hydrogen-bond acceptors (Lipinski definition) is 3. The van der Waals surface area contributed by atoms with E-state index in [1.807, 2.05) is 6.07 Å². The number of nitrogens with zero attached hydrogens (tertiary/aromatic N) is 1. The van der Waals surface area contributed by atoms with Gasteiger partial charge in [-0.1, -0.05) is 24.6 Å². The summed E-state index contributed by atoms with van der Waals surface area (Å²) >= 11 is 6.13. The van der Waals surface area contributed by atoms with Gasteiger partial charge in [0.2, 0.25) is 0 Å². The molecule has 1 aliphatic heterocycles. The molecule has 18 heavy (non-hydrogen) atoms. The number of phenolic OH excluding ortho intramolecular Hbond substituents is 1. The van der Waals surface area contributed by atoms with E-state index in [4.69, 9.17) is 16.3 Å². The molecule has 1 aromatic rings. The van der Waals surface area contributed by atoms with E-state index < -0.39 is 0 Å². The fourth-order valence-electron chi connectivity index (χ4n) is 2.48. The highest BCUT2D eigenvalue weighted by Crippen LogP contribution is 2.28. The minimum atomic E-state index is 0.267. The molecular weight excluding hydrogens is 250 g/mol. The number of methoxy groups -OCH3 is 1. The molecule has 2 atom stereocenters. The molecule has 4 heteroatoms. The number of likely N-dealkylation sites (tertiary alicyclic amines) is 1. The first-order chi connectivity index (χ1) is 8.61. The van der Waals surface area contributed by atoms with Gasteiger partial charge in [0.1, 0.15) is 5.75 Å². The van der Waals surface area contributed by atoms with Gasteiger partial charge in [-0.25, -0.2) is 0 Å². The van der Waals surface area contributed by atoms with Gasteiger partial charge in [-0.2, -0.15) is 0 Å².